The maximum absolute atomic E-state index is 12.6. The number of carbonyl (C=O) groups is 1. The van der Waals surface area contributed by atoms with Crippen molar-refractivity contribution in [1.29, 1.82) is 0 Å². The predicted octanol–water partition coefficient (Wildman–Crippen LogP) is -2.82. The Kier molecular flexibility index (Phi) is 3.15. The highest BCUT2D eigenvalue weighted by molar-refractivity contribution is 7.82. The van der Waals surface area contributed by atoms with Crippen molar-refractivity contribution >= 4 is 16.3 Å². The van der Waals surface area contributed by atoms with Crippen molar-refractivity contribution in [3.63, 3.8) is 0 Å². The molecule has 6 atom stereocenters. The number of ether oxygens (including phenoxy) is 2. The molecule has 12 nitrogen and oxygen atoms in total. The number of aliphatic hydroxyl groups is 3. The average Bonchev–Trinajstić information content (AvgIpc) is 3.18. The van der Waals surface area contributed by atoms with Gasteiger partial charge in [-0.2, -0.15) is 8.42 Å². The van der Waals surface area contributed by atoms with Gasteiger partial charge < -0.3 is 35.2 Å². The van der Waals surface area contributed by atoms with E-state index in [0.717, 1.165) is 0 Å². The van der Waals surface area contributed by atoms with Gasteiger partial charge in [0.25, 0.3) is 5.91 Å². The van der Waals surface area contributed by atoms with Crippen LogP contribution in [0.4, 0.5) is 0 Å². The molecule has 2 fully saturated rings. The van der Waals surface area contributed by atoms with E-state index >= 15 is 0 Å². The molecule has 13 heteroatoms. The molecule has 146 valence electrons. The molecule has 3 aliphatic heterocycles. The molecule has 0 bridgehead atoms. The van der Waals surface area contributed by atoms with Crippen molar-refractivity contribution in [2.45, 2.75) is 36.1 Å². The Morgan fingerprint density at radius 3 is 2.63 bits per heavy atom. The number of phenolic OH excluding ortho intramolecular Hbond substituents is 1. The van der Waals surface area contributed by atoms with Gasteiger partial charge in [0.05, 0.1) is 11.6 Å². The Morgan fingerprint density at radius 1 is 1.15 bits per heavy atom. The predicted molar refractivity (Wildman–Crippen MR) is 80.1 cm³/mol. The highest BCUT2D eigenvalue weighted by Crippen LogP contribution is 2.56. The molecule has 0 unspecified atom stereocenters. The van der Waals surface area contributed by atoms with Gasteiger partial charge in [-0.15, -0.1) is 0 Å². The SMILES string of the molecule is O=C1N[C@H]2[C@H](O)[C@H](O)[C@@H](O)[C@@H]3OS(=O)(=O)O[C@]23c2cc3c(c(O)c21)OCO3. The third-order valence-corrected chi connectivity index (χ3v) is 6.19. The molecule has 1 spiro atoms. The molecule has 4 aliphatic rings. The maximum atomic E-state index is 12.6. The van der Waals surface area contributed by atoms with Crippen molar-refractivity contribution in [2.24, 2.45) is 0 Å². The van der Waals surface area contributed by atoms with Crippen molar-refractivity contribution in [3.05, 3.63) is 17.2 Å². The standard InChI is InChI=1S/C14H13NO11S/c16-6-5-3(1-4-10(6)24-2-23-4)14-11(15-13(5)20)8(18)7(17)9(19)12(14)25-27(21,22)26-14/h1,7-9,11-12,16-19H,2H2,(H,15,20)/t7-,8+,9+,11-,12-,14+/m0/s1. The summed E-state index contributed by atoms with van der Waals surface area (Å²) in [6.07, 6.45) is -7.19. The number of rotatable bonds is 0. The fourth-order valence-corrected chi connectivity index (χ4v) is 5.32. The van der Waals surface area contributed by atoms with Crippen LogP contribution in [-0.4, -0.2) is 72.0 Å². The molecule has 5 N–H and O–H groups in total. The Labute approximate surface area is 151 Å². The largest absolute Gasteiger partial charge is 0.504 e. The number of benzene rings is 1. The molecule has 1 saturated carbocycles. The van der Waals surface area contributed by atoms with Crippen molar-refractivity contribution < 1.29 is 51.5 Å². The molecule has 1 saturated heterocycles. The summed E-state index contributed by atoms with van der Waals surface area (Å²) < 4.78 is 44.4. The minimum absolute atomic E-state index is 0.0100. The van der Waals surface area contributed by atoms with Crippen LogP contribution in [0.25, 0.3) is 0 Å². The quantitative estimate of drug-likeness (QED) is 0.301. The van der Waals surface area contributed by atoms with Gasteiger partial charge in [0, 0.05) is 5.56 Å². The summed E-state index contributed by atoms with van der Waals surface area (Å²) in [6.45, 7) is -0.243. The summed E-state index contributed by atoms with van der Waals surface area (Å²) in [4.78, 5) is 12.6. The number of nitrogens with one attached hydrogen (secondary N) is 1. The van der Waals surface area contributed by atoms with Crippen LogP contribution in [0.15, 0.2) is 6.07 Å². The summed E-state index contributed by atoms with van der Waals surface area (Å²) >= 11 is 0. The molecular formula is C14H13NO11S. The molecule has 1 aromatic carbocycles. The molecule has 1 aromatic rings. The Balaban J connectivity index is 1.84. The minimum atomic E-state index is -4.66. The maximum Gasteiger partial charge on any atom is 0.401 e. The number of phenols is 1. The lowest BCUT2D eigenvalue weighted by Crippen LogP contribution is -2.74. The van der Waals surface area contributed by atoms with Gasteiger partial charge in [0.2, 0.25) is 12.5 Å². The zero-order chi connectivity index (χ0) is 19.3. The van der Waals surface area contributed by atoms with Gasteiger partial charge in [-0.1, -0.05) is 0 Å². The van der Waals surface area contributed by atoms with E-state index in [1.165, 1.54) is 6.07 Å². The highest BCUT2D eigenvalue weighted by Gasteiger charge is 2.71. The number of amides is 1. The fraction of sp³-hybridized carbons (Fsp3) is 0.500. The van der Waals surface area contributed by atoms with Crippen LogP contribution in [0.2, 0.25) is 0 Å². The summed E-state index contributed by atoms with van der Waals surface area (Å²) in [5.41, 5.74) is -2.70. The zero-order valence-corrected chi connectivity index (χ0v) is 14.0. The smallest absolute Gasteiger partial charge is 0.401 e. The van der Waals surface area contributed by atoms with Gasteiger partial charge in [-0.05, 0) is 6.07 Å². The Bertz CT molecular complexity index is 978. The third kappa shape index (κ3) is 1.93. The molecular weight excluding hydrogens is 390 g/mol. The molecule has 1 amide bonds. The first-order valence-electron chi connectivity index (χ1n) is 7.82. The number of fused-ring (bicyclic) bond motifs is 2. The van der Waals surface area contributed by atoms with E-state index in [9.17, 15) is 33.6 Å². The monoisotopic (exact) mass is 403 g/mol. The van der Waals surface area contributed by atoms with Crippen LogP contribution in [0.3, 0.4) is 0 Å². The van der Waals surface area contributed by atoms with Gasteiger partial charge in [-0.3, -0.25) is 4.79 Å². The highest BCUT2D eigenvalue weighted by atomic mass is 32.3. The number of hydrogen-bond acceptors (Lipinski definition) is 11. The van der Waals surface area contributed by atoms with E-state index < -0.39 is 58.1 Å². The first-order valence-corrected chi connectivity index (χ1v) is 9.15. The topological polar surface area (TPSA) is 181 Å². The summed E-state index contributed by atoms with van der Waals surface area (Å²) in [5, 5.41) is 43.6. The van der Waals surface area contributed by atoms with E-state index in [0.29, 0.717) is 0 Å². The minimum Gasteiger partial charge on any atom is -0.504 e. The van der Waals surface area contributed by atoms with Crippen LogP contribution in [-0.2, 0) is 24.4 Å². The number of hydrogen-bond donors (Lipinski definition) is 5. The second-order valence-corrected chi connectivity index (χ2v) is 7.78. The molecule has 1 aliphatic carbocycles. The van der Waals surface area contributed by atoms with Gasteiger partial charge >= 0.3 is 10.4 Å². The van der Waals surface area contributed by atoms with Crippen LogP contribution < -0.4 is 14.8 Å². The van der Waals surface area contributed by atoms with Gasteiger partial charge in [-0.25, -0.2) is 8.37 Å². The molecule has 27 heavy (non-hydrogen) atoms. The zero-order valence-electron chi connectivity index (χ0n) is 13.2. The van der Waals surface area contributed by atoms with E-state index in [4.69, 9.17) is 17.8 Å². The van der Waals surface area contributed by atoms with Crippen molar-refractivity contribution in [1.82, 2.24) is 5.32 Å². The van der Waals surface area contributed by atoms with Gasteiger partial charge in [0.15, 0.2) is 17.1 Å². The van der Waals surface area contributed by atoms with Crippen LogP contribution in [0.5, 0.6) is 17.2 Å². The summed E-state index contributed by atoms with van der Waals surface area (Å²) in [6, 6.07) is -0.282. The summed E-state index contributed by atoms with van der Waals surface area (Å²) in [5.74, 6) is -1.59. The van der Waals surface area contributed by atoms with Crippen molar-refractivity contribution in [3.8, 4) is 17.2 Å². The molecule has 3 heterocycles. The first-order chi connectivity index (χ1) is 12.7. The average molecular weight is 403 g/mol. The Morgan fingerprint density at radius 2 is 1.89 bits per heavy atom. The fourth-order valence-electron chi connectivity index (χ4n) is 4.14. The third-order valence-electron chi connectivity index (χ3n) is 5.27. The molecule has 0 radical (unpaired) electrons. The second-order valence-electron chi connectivity index (χ2n) is 6.61. The Hall–Kier alpha value is -2.16. The van der Waals surface area contributed by atoms with Crippen LogP contribution in [0.1, 0.15) is 15.9 Å². The van der Waals surface area contributed by atoms with Crippen LogP contribution >= 0.6 is 0 Å². The molecule has 5 rings (SSSR count). The second kappa shape index (κ2) is 5.01. The number of carbonyl (C=O) groups excluding carboxylic acids is 1. The lowest BCUT2D eigenvalue weighted by atomic mass is 9.66. The number of aromatic hydroxyl groups is 1. The lowest BCUT2D eigenvalue weighted by Gasteiger charge is -2.50. The molecule has 0 aromatic heterocycles. The lowest BCUT2D eigenvalue weighted by molar-refractivity contribution is -0.195. The van der Waals surface area contributed by atoms with Crippen LogP contribution in [0, 0.1) is 0 Å². The van der Waals surface area contributed by atoms with E-state index in [1.54, 1.807) is 0 Å². The normalized spacial score (nSPS) is 40.7. The van der Waals surface area contributed by atoms with E-state index in [-0.39, 0.29) is 29.4 Å². The van der Waals surface area contributed by atoms with Gasteiger partial charge in [0.1, 0.15) is 24.4 Å². The first kappa shape index (κ1) is 17.0. The summed E-state index contributed by atoms with van der Waals surface area (Å²) in [7, 11) is -4.66. The van der Waals surface area contributed by atoms with E-state index in [1.807, 2.05) is 0 Å². The van der Waals surface area contributed by atoms with E-state index in [2.05, 4.69) is 5.32 Å². The van der Waals surface area contributed by atoms with Crippen molar-refractivity contribution in [2.75, 3.05) is 6.79 Å². The number of aliphatic hydroxyl groups excluding tert-OH is 3.